The minimum atomic E-state index is -1.58. The molecule has 2 rings (SSSR count). The molecule has 0 amide bonds. The molecular weight excluding hydrogens is 592 g/mol. The molecule has 5 unspecified atom stereocenters. The molecule has 8 atom stereocenters. The summed E-state index contributed by atoms with van der Waals surface area (Å²) in [6.07, 6.45) is 11.0. The standard InChI is InChI=1S/C34H66N4O8/c1-4-7-9-12-16-20-37(21-17-13-10-8-5-2)22-18-14-11-15-19-26-23-38(36-35-26)27(30(41)28(40)6-3)25-45-34-33(44)32(43)31(42)29(24-39)46-34/h23,27-34,39-44H,4-22,24-25H2,1-3H3/t27-,28+,29?,30-,31?,32?,33?,34?/m0/s1. The van der Waals surface area contributed by atoms with Crippen LogP contribution in [0.2, 0.25) is 0 Å². The van der Waals surface area contributed by atoms with Crippen molar-refractivity contribution in [2.75, 3.05) is 32.8 Å². The van der Waals surface area contributed by atoms with E-state index in [2.05, 4.69) is 29.1 Å². The third-order valence-electron chi connectivity index (χ3n) is 9.20. The average Bonchev–Trinajstić information content (AvgIpc) is 3.53. The van der Waals surface area contributed by atoms with Crippen molar-refractivity contribution in [2.45, 2.75) is 172 Å². The van der Waals surface area contributed by atoms with Gasteiger partial charge < -0.3 is 45.0 Å². The normalized spacial score (nSPS) is 24.0. The van der Waals surface area contributed by atoms with E-state index in [-0.39, 0.29) is 6.61 Å². The first-order valence-electron chi connectivity index (χ1n) is 18.2. The molecule has 1 aliphatic heterocycles. The van der Waals surface area contributed by atoms with Gasteiger partial charge in [0.2, 0.25) is 0 Å². The monoisotopic (exact) mass is 658 g/mol. The molecule has 12 nitrogen and oxygen atoms in total. The fourth-order valence-electron chi connectivity index (χ4n) is 6.03. The summed E-state index contributed by atoms with van der Waals surface area (Å²) in [4.78, 5) is 2.67. The van der Waals surface area contributed by atoms with Crippen molar-refractivity contribution < 1.29 is 40.1 Å². The Balaban J connectivity index is 1.83. The van der Waals surface area contributed by atoms with Gasteiger partial charge in [-0.2, -0.15) is 0 Å². The van der Waals surface area contributed by atoms with Crippen LogP contribution in [0.5, 0.6) is 0 Å². The van der Waals surface area contributed by atoms with E-state index in [1.54, 1.807) is 13.1 Å². The fraction of sp³-hybridized carbons (Fsp3) is 0.941. The molecule has 0 spiro atoms. The number of nitrogens with zero attached hydrogens (tertiary/aromatic N) is 4. The Hall–Kier alpha value is -1.22. The van der Waals surface area contributed by atoms with Crippen LogP contribution in [0.3, 0.4) is 0 Å². The Bertz CT molecular complexity index is 864. The van der Waals surface area contributed by atoms with Gasteiger partial charge in [0.25, 0.3) is 0 Å². The van der Waals surface area contributed by atoms with Gasteiger partial charge in [-0.25, -0.2) is 4.68 Å². The predicted octanol–water partition coefficient (Wildman–Crippen LogP) is 3.11. The van der Waals surface area contributed by atoms with Crippen molar-refractivity contribution in [3.63, 3.8) is 0 Å². The van der Waals surface area contributed by atoms with Crippen LogP contribution in [-0.2, 0) is 15.9 Å². The largest absolute Gasteiger partial charge is 0.394 e. The lowest BCUT2D eigenvalue weighted by Gasteiger charge is -2.40. The van der Waals surface area contributed by atoms with Gasteiger partial charge in [0, 0.05) is 6.20 Å². The van der Waals surface area contributed by atoms with Crippen LogP contribution in [0.25, 0.3) is 0 Å². The summed E-state index contributed by atoms with van der Waals surface area (Å²) >= 11 is 0. The Morgan fingerprint density at radius 1 is 0.804 bits per heavy atom. The van der Waals surface area contributed by atoms with Gasteiger partial charge >= 0.3 is 0 Å². The third-order valence-corrected chi connectivity index (χ3v) is 9.20. The zero-order valence-electron chi connectivity index (χ0n) is 28.8. The van der Waals surface area contributed by atoms with Crippen molar-refractivity contribution in [3.8, 4) is 0 Å². The number of aromatic nitrogens is 3. The van der Waals surface area contributed by atoms with Gasteiger partial charge in [0.1, 0.15) is 36.6 Å². The maximum atomic E-state index is 10.9. The second-order valence-corrected chi connectivity index (χ2v) is 13.1. The van der Waals surface area contributed by atoms with Crippen LogP contribution >= 0.6 is 0 Å². The van der Waals surface area contributed by atoms with E-state index < -0.39 is 55.6 Å². The molecule has 46 heavy (non-hydrogen) atoms. The van der Waals surface area contributed by atoms with Crippen molar-refractivity contribution in [1.82, 2.24) is 19.9 Å². The van der Waals surface area contributed by atoms with Crippen LogP contribution in [0.4, 0.5) is 0 Å². The average molecular weight is 659 g/mol. The Morgan fingerprint density at radius 2 is 1.37 bits per heavy atom. The molecule has 1 saturated heterocycles. The Morgan fingerprint density at radius 3 is 1.91 bits per heavy atom. The van der Waals surface area contributed by atoms with Crippen LogP contribution in [0.15, 0.2) is 6.20 Å². The summed E-state index contributed by atoms with van der Waals surface area (Å²) in [6, 6.07) is -0.849. The van der Waals surface area contributed by atoms with E-state index in [0.717, 1.165) is 37.9 Å². The first-order valence-corrected chi connectivity index (χ1v) is 18.2. The van der Waals surface area contributed by atoms with Crippen molar-refractivity contribution in [3.05, 3.63) is 11.9 Å². The summed E-state index contributed by atoms with van der Waals surface area (Å²) in [5, 5.41) is 69.6. The second-order valence-electron chi connectivity index (χ2n) is 13.1. The van der Waals surface area contributed by atoms with Crippen molar-refractivity contribution >= 4 is 0 Å². The summed E-state index contributed by atoms with van der Waals surface area (Å²) in [5.74, 6) is 0. The molecule has 1 aromatic rings. The second kappa shape index (κ2) is 24.0. The lowest BCUT2D eigenvalue weighted by molar-refractivity contribution is -0.304. The lowest BCUT2D eigenvalue weighted by Crippen LogP contribution is -2.59. The number of unbranched alkanes of at least 4 members (excludes halogenated alkanes) is 11. The van der Waals surface area contributed by atoms with Crippen LogP contribution in [-0.4, -0.2) is 126 Å². The van der Waals surface area contributed by atoms with Gasteiger partial charge in [-0.3, -0.25) is 0 Å². The van der Waals surface area contributed by atoms with E-state index in [4.69, 9.17) is 9.47 Å². The fourth-order valence-corrected chi connectivity index (χ4v) is 6.03. The van der Waals surface area contributed by atoms with Crippen molar-refractivity contribution in [1.29, 1.82) is 0 Å². The number of aliphatic hydroxyl groups excluding tert-OH is 6. The van der Waals surface area contributed by atoms with Gasteiger partial charge in [-0.1, -0.05) is 90.2 Å². The van der Waals surface area contributed by atoms with Crippen LogP contribution < -0.4 is 0 Å². The van der Waals surface area contributed by atoms with Gasteiger partial charge in [0.15, 0.2) is 6.29 Å². The van der Waals surface area contributed by atoms with E-state index in [9.17, 15) is 30.6 Å². The molecule has 0 aliphatic carbocycles. The topological polar surface area (TPSA) is 174 Å². The molecule has 270 valence electrons. The number of aliphatic hydroxyl groups is 6. The maximum absolute atomic E-state index is 10.9. The molecule has 1 aliphatic rings. The maximum Gasteiger partial charge on any atom is 0.186 e. The quantitative estimate of drug-likeness (QED) is 0.0767. The third kappa shape index (κ3) is 14.5. The van der Waals surface area contributed by atoms with E-state index in [1.807, 2.05) is 0 Å². The highest BCUT2D eigenvalue weighted by Gasteiger charge is 2.44. The minimum Gasteiger partial charge on any atom is -0.394 e. The first-order chi connectivity index (χ1) is 22.3. The Kier molecular flexibility index (Phi) is 21.4. The molecule has 1 aromatic heterocycles. The zero-order chi connectivity index (χ0) is 33.7. The number of hydrogen-bond acceptors (Lipinski definition) is 11. The minimum absolute atomic E-state index is 0.225. The zero-order valence-corrected chi connectivity index (χ0v) is 28.8. The highest BCUT2D eigenvalue weighted by molar-refractivity contribution is 4.96. The Labute approximate surface area is 277 Å². The summed E-state index contributed by atoms with van der Waals surface area (Å²) in [7, 11) is 0. The number of ether oxygens (including phenoxy) is 2. The first kappa shape index (κ1) is 41.0. The van der Waals surface area contributed by atoms with E-state index >= 15 is 0 Å². The van der Waals surface area contributed by atoms with Crippen molar-refractivity contribution in [2.24, 2.45) is 0 Å². The highest BCUT2D eigenvalue weighted by atomic mass is 16.7. The van der Waals surface area contributed by atoms with Gasteiger partial charge in [0.05, 0.1) is 25.0 Å². The van der Waals surface area contributed by atoms with Gasteiger partial charge in [-0.15, -0.1) is 5.10 Å². The lowest BCUT2D eigenvalue weighted by atomic mass is 9.99. The molecule has 0 aromatic carbocycles. The van der Waals surface area contributed by atoms with E-state index in [1.165, 1.54) is 88.4 Å². The highest BCUT2D eigenvalue weighted by Crippen LogP contribution is 2.25. The smallest absolute Gasteiger partial charge is 0.186 e. The number of aryl methyl sites for hydroxylation is 1. The van der Waals surface area contributed by atoms with E-state index in [0.29, 0.717) is 6.42 Å². The molecule has 6 N–H and O–H groups in total. The SMILES string of the molecule is CCCCCCCN(CCCCCCC)CCCCCCc1cn([C@@H](COC2OC(CO)C(O)C(O)C2O)[C@H](O)[C@H](O)CC)nn1. The molecule has 0 radical (unpaired) electrons. The summed E-state index contributed by atoms with van der Waals surface area (Å²) in [5.41, 5.74) is 0.775. The van der Waals surface area contributed by atoms with Gasteiger partial charge in [-0.05, 0) is 58.2 Å². The number of rotatable bonds is 27. The summed E-state index contributed by atoms with van der Waals surface area (Å²) in [6.45, 7) is 9.04. The number of hydrogen-bond donors (Lipinski definition) is 6. The molecule has 0 bridgehead atoms. The molecule has 1 fully saturated rings. The predicted molar refractivity (Wildman–Crippen MR) is 177 cm³/mol. The molecule has 2 heterocycles. The molecule has 0 saturated carbocycles. The van der Waals surface area contributed by atoms with Crippen LogP contribution in [0.1, 0.15) is 129 Å². The molecular formula is C34H66N4O8. The van der Waals surface area contributed by atoms with Crippen LogP contribution in [0, 0.1) is 0 Å². The summed E-state index contributed by atoms with van der Waals surface area (Å²) < 4.78 is 12.6. The molecule has 12 heteroatoms.